The Kier molecular flexibility index (Phi) is 8.00. The van der Waals surface area contributed by atoms with Gasteiger partial charge in [-0.2, -0.15) is 0 Å². The molecule has 0 aromatic heterocycles. The van der Waals surface area contributed by atoms with Gasteiger partial charge < -0.3 is 19.8 Å². The van der Waals surface area contributed by atoms with E-state index in [1.165, 1.54) is 23.5 Å². The Hall–Kier alpha value is -2.60. The number of amides is 1. The van der Waals surface area contributed by atoms with Crippen molar-refractivity contribution in [3.8, 4) is 16.9 Å². The molecule has 0 spiro atoms. The quantitative estimate of drug-likeness (QED) is 0.347. The van der Waals surface area contributed by atoms with Gasteiger partial charge in [-0.15, -0.1) is 0 Å². The van der Waals surface area contributed by atoms with Gasteiger partial charge in [-0.25, -0.2) is 4.39 Å². The van der Waals surface area contributed by atoms with Crippen molar-refractivity contribution in [3.63, 3.8) is 0 Å². The van der Waals surface area contributed by atoms with E-state index in [0.29, 0.717) is 38.4 Å². The third-order valence-corrected chi connectivity index (χ3v) is 12.2. The first kappa shape index (κ1) is 25.5. The van der Waals surface area contributed by atoms with Gasteiger partial charge in [-0.3, -0.25) is 4.79 Å². The van der Waals surface area contributed by atoms with Gasteiger partial charge in [0.1, 0.15) is 16.7 Å². The van der Waals surface area contributed by atoms with E-state index in [2.05, 4.69) is 6.07 Å². The van der Waals surface area contributed by atoms with Gasteiger partial charge in [-0.05, 0) is 72.6 Å². The first-order valence-electron chi connectivity index (χ1n) is 11.5. The fourth-order valence-electron chi connectivity index (χ4n) is 4.28. The second kappa shape index (κ2) is 11.0. The molecule has 0 aliphatic carbocycles. The zero-order valence-electron chi connectivity index (χ0n) is 19.6. The van der Waals surface area contributed by atoms with Crippen LogP contribution in [0.2, 0.25) is 0 Å². The van der Waals surface area contributed by atoms with Crippen LogP contribution in [0.5, 0.6) is 5.75 Å². The SMILES string of the molecule is CP(=O)(Sc1ccc(OCCc2cccc(-c3ccc(F)cc3)c2)cc1)C1(C(N)=O)CCOCC1. The maximum Gasteiger partial charge on any atom is 0.232 e. The summed E-state index contributed by atoms with van der Waals surface area (Å²) in [5, 5.41) is -1.03. The van der Waals surface area contributed by atoms with Crippen molar-refractivity contribution < 1.29 is 23.2 Å². The van der Waals surface area contributed by atoms with Crippen molar-refractivity contribution in [1.82, 2.24) is 0 Å². The van der Waals surface area contributed by atoms with E-state index in [0.717, 1.165) is 28.0 Å². The van der Waals surface area contributed by atoms with Crippen molar-refractivity contribution in [2.45, 2.75) is 29.3 Å². The zero-order chi connectivity index (χ0) is 24.9. The number of nitrogens with two attached hydrogens (primary N) is 1. The number of halogens is 1. The molecule has 3 aromatic rings. The number of carbonyl (C=O) groups is 1. The van der Waals surface area contributed by atoms with E-state index >= 15 is 0 Å². The lowest BCUT2D eigenvalue weighted by molar-refractivity contribution is -0.122. The summed E-state index contributed by atoms with van der Waals surface area (Å²) in [5.74, 6) is -0.0475. The van der Waals surface area contributed by atoms with E-state index in [-0.39, 0.29) is 5.82 Å². The van der Waals surface area contributed by atoms with Crippen LogP contribution in [0.3, 0.4) is 0 Å². The standard InChI is InChI=1S/C27H29FNO4PS/c1-34(31,27(26(29)30)14-17-32-18-15-27)35-25-11-9-24(10-12-25)33-16-13-20-3-2-4-22(19-20)21-5-7-23(28)8-6-21/h2-12,19H,13-18H2,1H3,(H2,29,30). The Morgan fingerprint density at radius 3 is 2.40 bits per heavy atom. The number of benzene rings is 3. The number of rotatable bonds is 9. The number of hydrogen-bond acceptors (Lipinski definition) is 5. The zero-order valence-corrected chi connectivity index (χ0v) is 21.3. The van der Waals surface area contributed by atoms with Crippen molar-refractivity contribution in [2.75, 3.05) is 26.5 Å². The topological polar surface area (TPSA) is 78.6 Å². The van der Waals surface area contributed by atoms with Crippen molar-refractivity contribution in [1.29, 1.82) is 0 Å². The molecule has 35 heavy (non-hydrogen) atoms. The van der Waals surface area contributed by atoms with Gasteiger partial charge in [0.05, 0.1) is 6.61 Å². The highest BCUT2D eigenvalue weighted by Gasteiger charge is 2.51. The van der Waals surface area contributed by atoms with E-state index < -0.39 is 17.4 Å². The van der Waals surface area contributed by atoms with Gasteiger partial charge in [-0.1, -0.05) is 47.8 Å². The van der Waals surface area contributed by atoms with Crippen LogP contribution in [0.25, 0.3) is 11.1 Å². The molecular weight excluding hydrogens is 484 g/mol. The predicted octanol–water partition coefficient (Wildman–Crippen LogP) is 6.15. The molecule has 3 aromatic carbocycles. The minimum Gasteiger partial charge on any atom is -0.493 e. The number of hydrogen-bond donors (Lipinski definition) is 1. The molecule has 2 N–H and O–H groups in total. The average molecular weight is 514 g/mol. The van der Waals surface area contributed by atoms with Crippen molar-refractivity contribution in [2.24, 2.45) is 5.73 Å². The molecule has 1 saturated heterocycles. The van der Waals surface area contributed by atoms with E-state index in [1.807, 2.05) is 42.5 Å². The highest BCUT2D eigenvalue weighted by Crippen LogP contribution is 2.70. The predicted molar refractivity (Wildman–Crippen MR) is 139 cm³/mol. The monoisotopic (exact) mass is 513 g/mol. The van der Waals surface area contributed by atoms with Crippen molar-refractivity contribution in [3.05, 3.63) is 84.2 Å². The summed E-state index contributed by atoms with van der Waals surface area (Å²) in [4.78, 5) is 13.1. The minimum absolute atomic E-state index is 0.250. The Labute approximate surface area is 209 Å². The largest absolute Gasteiger partial charge is 0.493 e. The highest BCUT2D eigenvalue weighted by molar-refractivity contribution is 8.58. The fraction of sp³-hybridized carbons (Fsp3) is 0.296. The Balaban J connectivity index is 1.34. The lowest BCUT2D eigenvalue weighted by Crippen LogP contribution is -2.47. The van der Waals surface area contributed by atoms with E-state index in [1.54, 1.807) is 18.8 Å². The van der Waals surface area contributed by atoms with Gasteiger partial charge in [0.2, 0.25) is 5.91 Å². The van der Waals surface area contributed by atoms with Crippen LogP contribution in [0.1, 0.15) is 18.4 Å². The third kappa shape index (κ3) is 5.97. The molecular formula is C27H29FNO4PS. The van der Waals surface area contributed by atoms with Crippen LogP contribution in [-0.2, 0) is 20.5 Å². The molecule has 0 radical (unpaired) electrons. The van der Waals surface area contributed by atoms with Crippen molar-refractivity contribution >= 4 is 23.6 Å². The van der Waals surface area contributed by atoms with Gasteiger partial charge in [0.25, 0.3) is 0 Å². The lowest BCUT2D eigenvalue weighted by atomic mass is 9.98. The molecule has 1 unspecified atom stereocenters. The lowest BCUT2D eigenvalue weighted by Gasteiger charge is -2.38. The van der Waals surface area contributed by atoms with Crippen LogP contribution in [0.15, 0.2) is 77.7 Å². The first-order chi connectivity index (χ1) is 16.8. The van der Waals surface area contributed by atoms with Crippen LogP contribution in [-0.4, -0.2) is 37.5 Å². The maximum atomic E-state index is 13.6. The first-order valence-corrected chi connectivity index (χ1v) is 15.1. The molecule has 0 saturated carbocycles. The Morgan fingerprint density at radius 2 is 1.74 bits per heavy atom. The summed E-state index contributed by atoms with van der Waals surface area (Å²) in [6.45, 7) is 2.93. The Bertz CT molecular complexity index is 1210. The van der Waals surface area contributed by atoms with Crippen LogP contribution in [0.4, 0.5) is 4.39 Å². The van der Waals surface area contributed by atoms with Crippen LogP contribution < -0.4 is 10.5 Å². The summed E-state index contributed by atoms with van der Waals surface area (Å²) in [6.07, 6.45) is -1.50. The highest BCUT2D eigenvalue weighted by atomic mass is 32.7. The van der Waals surface area contributed by atoms with E-state index in [4.69, 9.17) is 15.2 Å². The van der Waals surface area contributed by atoms with Gasteiger partial charge in [0, 0.05) is 24.5 Å². The third-order valence-electron chi connectivity index (χ3n) is 6.42. The fourth-order valence-corrected chi connectivity index (χ4v) is 9.43. The molecule has 1 aliphatic heterocycles. The van der Waals surface area contributed by atoms with Crippen LogP contribution >= 0.6 is 17.7 Å². The minimum atomic E-state index is -2.99. The summed E-state index contributed by atoms with van der Waals surface area (Å²) >= 11 is 1.23. The number of ether oxygens (including phenoxy) is 2. The summed E-state index contributed by atoms with van der Waals surface area (Å²) in [7, 11) is 0. The average Bonchev–Trinajstić information content (AvgIpc) is 2.86. The summed E-state index contributed by atoms with van der Waals surface area (Å²) in [6, 6.07) is 22.0. The second-order valence-electron chi connectivity index (χ2n) is 8.72. The molecule has 5 nitrogen and oxygen atoms in total. The molecule has 1 heterocycles. The molecule has 0 bridgehead atoms. The number of primary amides is 1. The van der Waals surface area contributed by atoms with E-state index in [9.17, 15) is 13.8 Å². The molecule has 8 heteroatoms. The van der Waals surface area contributed by atoms with Gasteiger partial charge >= 0.3 is 0 Å². The number of carbonyl (C=O) groups excluding carboxylic acids is 1. The smallest absolute Gasteiger partial charge is 0.232 e. The maximum absolute atomic E-state index is 13.6. The second-order valence-corrected chi connectivity index (χ2v) is 14.6. The molecule has 1 fully saturated rings. The Morgan fingerprint density at radius 1 is 1.06 bits per heavy atom. The molecule has 1 amide bonds. The normalized spacial score (nSPS) is 16.9. The molecule has 184 valence electrons. The summed E-state index contributed by atoms with van der Waals surface area (Å²) < 4.78 is 38.1. The van der Waals surface area contributed by atoms with Gasteiger partial charge in [0.15, 0.2) is 6.34 Å². The molecule has 1 aliphatic rings. The summed E-state index contributed by atoms with van der Waals surface area (Å²) in [5.41, 5.74) is 8.83. The van der Waals surface area contributed by atoms with Crippen LogP contribution in [0, 0.1) is 5.82 Å². The molecule has 1 atom stereocenters. The molecule has 4 rings (SSSR count).